The minimum atomic E-state index is 0.361. The summed E-state index contributed by atoms with van der Waals surface area (Å²) < 4.78 is 13.5. The Balaban J connectivity index is 2.18. The summed E-state index contributed by atoms with van der Waals surface area (Å²) in [4.78, 5) is 0. The maximum atomic E-state index is 5.95. The number of hydrogen-bond donors (Lipinski definition) is 1. The zero-order valence-corrected chi connectivity index (χ0v) is 12.8. The maximum absolute atomic E-state index is 5.95. The first-order chi connectivity index (χ1) is 10.3. The molecule has 0 radical (unpaired) electrons. The zero-order chi connectivity index (χ0) is 15.1. The van der Waals surface area contributed by atoms with E-state index in [0.717, 1.165) is 36.0 Å². The Morgan fingerprint density at radius 2 is 2.10 bits per heavy atom. The summed E-state index contributed by atoms with van der Waals surface area (Å²) in [5.74, 6) is 2.30. The molecule has 0 saturated carbocycles. The van der Waals surface area contributed by atoms with Gasteiger partial charge in [-0.2, -0.15) is 0 Å². The van der Waals surface area contributed by atoms with Gasteiger partial charge in [-0.05, 0) is 19.5 Å². The SMILES string of the molecule is CCNCc1cccc(OCC)c1OCc1nncn1C. The summed E-state index contributed by atoms with van der Waals surface area (Å²) in [6.07, 6.45) is 1.66. The third-order valence-corrected chi connectivity index (χ3v) is 3.08. The van der Waals surface area contributed by atoms with Crippen LogP contribution < -0.4 is 14.8 Å². The molecule has 2 rings (SSSR count). The van der Waals surface area contributed by atoms with E-state index in [1.54, 1.807) is 6.33 Å². The number of rotatable bonds is 8. The fourth-order valence-corrected chi connectivity index (χ4v) is 1.97. The van der Waals surface area contributed by atoms with Gasteiger partial charge in [0.1, 0.15) is 12.9 Å². The maximum Gasteiger partial charge on any atom is 0.170 e. The molecule has 0 aliphatic rings. The highest BCUT2D eigenvalue weighted by Gasteiger charge is 2.12. The number of para-hydroxylation sites is 1. The molecule has 0 atom stereocenters. The van der Waals surface area contributed by atoms with Crippen LogP contribution in [-0.4, -0.2) is 27.9 Å². The first kappa shape index (κ1) is 15.3. The average Bonchev–Trinajstić information content (AvgIpc) is 2.89. The highest BCUT2D eigenvalue weighted by Crippen LogP contribution is 2.32. The molecule has 21 heavy (non-hydrogen) atoms. The van der Waals surface area contributed by atoms with Crippen molar-refractivity contribution in [3.05, 3.63) is 35.9 Å². The molecule has 6 nitrogen and oxygen atoms in total. The molecule has 2 aromatic rings. The lowest BCUT2D eigenvalue weighted by Crippen LogP contribution is -2.14. The van der Waals surface area contributed by atoms with Crippen LogP contribution >= 0.6 is 0 Å². The standard InChI is InChI=1S/C15H22N4O2/c1-4-16-9-12-7-6-8-13(20-5-2)15(12)21-10-14-18-17-11-19(14)3/h6-8,11,16H,4-5,9-10H2,1-3H3. The van der Waals surface area contributed by atoms with Gasteiger partial charge in [0.25, 0.3) is 0 Å². The van der Waals surface area contributed by atoms with Crippen LogP contribution in [0.3, 0.4) is 0 Å². The number of benzene rings is 1. The largest absolute Gasteiger partial charge is 0.490 e. The number of nitrogens with zero attached hydrogens (tertiary/aromatic N) is 3. The van der Waals surface area contributed by atoms with Crippen molar-refractivity contribution in [2.45, 2.75) is 27.0 Å². The Kier molecular flexibility index (Phi) is 5.57. The van der Waals surface area contributed by atoms with Crippen LogP contribution in [0.15, 0.2) is 24.5 Å². The van der Waals surface area contributed by atoms with Gasteiger partial charge in [-0.1, -0.05) is 19.1 Å². The third kappa shape index (κ3) is 3.95. The van der Waals surface area contributed by atoms with Crippen molar-refractivity contribution < 1.29 is 9.47 Å². The second-order valence-electron chi connectivity index (χ2n) is 4.60. The van der Waals surface area contributed by atoms with Crippen molar-refractivity contribution in [1.29, 1.82) is 0 Å². The molecule has 1 N–H and O–H groups in total. The zero-order valence-electron chi connectivity index (χ0n) is 12.8. The Bertz CT molecular complexity index is 569. The van der Waals surface area contributed by atoms with Crippen molar-refractivity contribution in [1.82, 2.24) is 20.1 Å². The molecule has 1 heterocycles. The molecule has 0 aliphatic heterocycles. The Morgan fingerprint density at radius 3 is 2.76 bits per heavy atom. The number of ether oxygens (including phenoxy) is 2. The first-order valence-electron chi connectivity index (χ1n) is 7.17. The molecule has 0 saturated heterocycles. The van der Waals surface area contributed by atoms with Gasteiger partial charge >= 0.3 is 0 Å². The molecular formula is C15H22N4O2. The van der Waals surface area contributed by atoms with E-state index in [1.807, 2.05) is 36.7 Å². The lowest BCUT2D eigenvalue weighted by molar-refractivity contribution is 0.257. The van der Waals surface area contributed by atoms with Crippen molar-refractivity contribution in [3.8, 4) is 11.5 Å². The average molecular weight is 290 g/mol. The fourth-order valence-electron chi connectivity index (χ4n) is 1.97. The van der Waals surface area contributed by atoms with Crippen LogP contribution in [0.4, 0.5) is 0 Å². The quantitative estimate of drug-likeness (QED) is 0.804. The normalized spacial score (nSPS) is 10.6. The van der Waals surface area contributed by atoms with Gasteiger partial charge in [-0.15, -0.1) is 10.2 Å². The van der Waals surface area contributed by atoms with Gasteiger partial charge in [0.05, 0.1) is 6.61 Å². The molecule has 0 bridgehead atoms. The van der Waals surface area contributed by atoms with Crippen LogP contribution in [-0.2, 0) is 20.2 Å². The lowest BCUT2D eigenvalue weighted by atomic mass is 10.2. The number of nitrogens with one attached hydrogen (secondary N) is 1. The topological polar surface area (TPSA) is 61.2 Å². The highest BCUT2D eigenvalue weighted by molar-refractivity contribution is 5.46. The Labute approximate surface area is 125 Å². The minimum absolute atomic E-state index is 0.361. The monoisotopic (exact) mass is 290 g/mol. The van der Waals surface area contributed by atoms with E-state index in [4.69, 9.17) is 9.47 Å². The minimum Gasteiger partial charge on any atom is -0.490 e. The third-order valence-electron chi connectivity index (χ3n) is 3.08. The summed E-state index contributed by atoms with van der Waals surface area (Å²) in [5, 5.41) is 11.2. The summed E-state index contributed by atoms with van der Waals surface area (Å²) in [7, 11) is 1.90. The molecule has 1 aromatic carbocycles. The number of hydrogen-bond acceptors (Lipinski definition) is 5. The number of aromatic nitrogens is 3. The molecule has 6 heteroatoms. The van der Waals surface area contributed by atoms with Crippen molar-refractivity contribution >= 4 is 0 Å². The van der Waals surface area contributed by atoms with Gasteiger partial charge in [0.15, 0.2) is 17.3 Å². The van der Waals surface area contributed by atoms with Crippen molar-refractivity contribution in [2.24, 2.45) is 7.05 Å². The Morgan fingerprint density at radius 1 is 1.24 bits per heavy atom. The highest BCUT2D eigenvalue weighted by atomic mass is 16.5. The fraction of sp³-hybridized carbons (Fsp3) is 0.467. The van der Waals surface area contributed by atoms with E-state index in [1.165, 1.54) is 0 Å². The second-order valence-corrected chi connectivity index (χ2v) is 4.60. The smallest absolute Gasteiger partial charge is 0.170 e. The second kappa shape index (κ2) is 7.64. The predicted octanol–water partition coefficient (Wildman–Crippen LogP) is 1.90. The molecule has 0 fully saturated rings. The van der Waals surface area contributed by atoms with E-state index < -0.39 is 0 Å². The van der Waals surface area contributed by atoms with Crippen LogP contribution in [0.5, 0.6) is 11.5 Å². The first-order valence-corrected chi connectivity index (χ1v) is 7.17. The lowest BCUT2D eigenvalue weighted by Gasteiger charge is -2.16. The summed E-state index contributed by atoms with van der Waals surface area (Å²) >= 11 is 0. The molecule has 1 aromatic heterocycles. The van der Waals surface area contributed by atoms with Crippen molar-refractivity contribution in [3.63, 3.8) is 0 Å². The van der Waals surface area contributed by atoms with Gasteiger partial charge in [0, 0.05) is 19.2 Å². The van der Waals surface area contributed by atoms with E-state index in [9.17, 15) is 0 Å². The van der Waals surface area contributed by atoms with E-state index in [-0.39, 0.29) is 0 Å². The summed E-state index contributed by atoms with van der Waals surface area (Å²) in [6, 6.07) is 5.94. The van der Waals surface area contributed by atoms with Gasteiger partial charge < -0.3 is 19.4 Å². The molecule has 0 spiro atoms. The van der Waals surface area contributed by atoms with Gasteiger partial charge in [-0.3, -0.25) is 0 Å². The van der Waals surface area contributed by atoms with Crippen LogP contribution in [0, 0.1) is 0 Å². The van der Waals surface area contributed by atoms with E-state index >= 15 is 0 Å². The van der Waals surface area contributed by atoms with Crippen LogP contribution in [0.25, 0.3) is 0 Å². The number of aryl methyl sites for hydroxylation is 1. The molecule has 0 aliphatic carbocycles. The predicted molar refractivity (Wildman–Crippen MR) is 80.3 cm³/mol. The van der Waals surface area contributed by atoms with Crippen molar-refractivity contribution in [2.75, 3.05) is 13.2 Å². The van der Waals surface area contributed by atoms with E-state index in [0.29, 0.717) is 13.2 Å². The molecule has 0 unspecified atom stereocenters. The molecular weight excluding hydrogens is 268 g/mol. The summed E-state index contributed by atoms with van der Waals surface area (Å²) in [6.45, 7) is 6.65. The molecule has 0 amide bonds. The summed E-state index contributed by atoms with van der Waals surface area (Å²) in [5.41, 5.74) is 1.07. The van der Waals surface area contributed by atoms with E-state index in [2.05, 4.69) is 22.4 Å². The van der Waals surface area contributed by atoms with Crippen LogP contribution in [0.1, 0.15) is 25.2 Å². The Hall–Kier alpha value is -2.08. The van der Waals surface area contributed by atoms with Crippen LogP contribution in [0.2, 0.25) is 0 Å². The van der Waals surface area contributed by atoms with Gasteiger partial charge in [-0.25, -0.2) is 0 Å². The van der Waals surface area contributed by atoms with Gasteiger partial charge in [0.2, 0.25) is 0 Å². The molecule has 114 valence electrons.